The van der Waals surface area contributed by atoms with Crippen molar-refractivity contribution < 1.29 is 13.2 Å². The number of halogens is 2. The van der Waals surface area contributed by atoms with Crippen molar-refractivity contribution in [2.24, 2.45) is 0 Å². The SMILES string of the molecule is CN(C(=O)Nc1ccc(Cl)c(Cl)c1)[C@@H]1CCS(=O)(=O)C1. The molecule has 0 radical (unpaired) electrons. The topological polar surface area (TPSA) is 66.5 Å². The van der Waals surface area contributed by atoms with Crippen LogP contribution >= 0.6 is 23.2 Å². The van der Waals surface area contributed by atoms with Crippen LogP contribution < -0.4 is 5.32 Å². The van der Waals surface area contributed by atoms with Gasteiger partial charge in [0.05, 0.1) is 21.6 Å². The smallest absolute Gasteiger partial charge is 0.321 e. The van der Waals surface area contributed by atoms with Crippen molar-refractivity contribution in [1.82, 2.24) is 4.90 Å². The average Bonchev–Trinajstić information content (AvgIpc) is 2.73. The maximum atomic E-state index is 12.1. The molecule has 1 aliphatic rings. The largest absolute Gasteiger partial charge is 0.324 e. The molecular formula is C12H14Cl2N2O3S. The third-order valence-electron chi connectivity index (χ3n) is 3.25. The highest BCUT2D eigenvalue weighted by atomic mass is 35.5. The van der Waals surface area contributed by atoms with Crippen LogP contribution in [-0.4, -0.2) is 43.9 Å². The molecule has 1 atom stereocenters. The molecule has 1 saturated heterocycles. The first-order valence-corrected chi connectivity index (χ1v) is 8.55. The molecule has 1 aliphatic heterocycles. The van der Waals surface area contributed by atoms with Crippen molar-refractivity contribution in [1.29, 1.82) is 0 Å². The molecule has 110 valence electrons. The van der Waals surface area contributed by atoms with Gasteiger partial charge in [0.25, 0.3) is 0 Å². The summed E-state index contributed by atoms with van der Waals surface area (Å²) in [6.45, 7) is 0. The molecule has 1 fully saturated rings. The zero-order valence-electron chi connectivity index (χ0n) is 10.8. The van der Waals surface area contributed by atoms with Crippen molar-refractivity contribution in [2.45, 2.75) is 12.5 Å². The van der Waals surface area contributed by atoms with E-state index < -0.39 is 9.84 Å². The van der Waals surface area contributed by atoms with E-state index in [-0.39, 0.29) is 23.6 Å². The van der Waals surface area contributed by atoms with Crippen LogP contribution in [0.3, 0.4) is 0 Å². The fraction of sp³-hybridized carbons (Fsp3) is 0.417. The zero-order chi connectivity index (χ0) is 14.9. The molecule has 0 bridgehead atoms. The Morgan fingerprint density at radius 1 is 1.35 bits per heavy atom. The molecule has 5 nitrogen and oxygen atoms in total. The summed E-state index contributed by atoms with van der Waals surface area (Å²) in [4.78, 5) is 13.5. The van der Waals surface area contributed by atoms with Crippen LogP contribution in [0.15, 0.2) is 18.2 Å². The van der Waals surface area contributed by atoms with Crippen LogP contribution in [0.5, 0.6) is 0 Å². The molecule has 1 heterocycles. The predicted molar refractivity (Wildman–Crippen MR) is 80.3 cm³/mol. The lowest BCUT2D eigenvalue weighted by atomic mass is 10.2. The maximum Gasteiger partial charge on any atom is 0.321 e. The van der Waals surface area contributed by atoms with Crippen molar-refractivity contribution >= 4 is 44.8 Å². The van der Waals surface area contributed by atoms with E-state index in [1.165, 1.54) is 4.90 Å². The number of amides is 2. The number of urea groups is 1. The zero-order valence-corrected chi connectivity index (χ0v) is 13.1. The number of nitrogens with one attached hydrogen (secondary N) is 1. The lowest BCUT2D eigenvalue weighted by molar-refractivity contribution is 0.209. The number of anilines is 1. The second-order valence-corrected chi connectivity index (χ2v) is 7.77. The van der Waals surface area contributed by atoms with Crippen LogP contribution in [0, 0.1) is 0 Å². The Kier molecular flexibility index (Phi) is 4.46. The molecule has 20 heavy (non-hydrogen) atoms. The number of nitrogens with zero attached hydrogens (tertiary/aromatic N) is 1. The lowest BCUT2D eigenvalue weighted by Crippen LogP contribution is -2.40. The second kappa shape index (κ2) is 5.79. The summed E-state index contributed by atoms with van der Waals surface area (Å²) in [6.07, 6.45) is 0.466. The Labute approximate surface area is 127 Å². The van der Waals surface area contributed by atoms with Gasteiger partial charge in [0.15, 0.2) is 9.84 Å². The van der Waals surface area contributed by atoms with Gasteiger partial charge in [-0.15, -0.1) is 0 Å². The Hall–Kier alpha value is -0.980. The number of sulfone groups is 1. The molecule has 0 spiro atoms. The van der Waals surface area contributed by atoms with Crippen molar-refractivity contribution in [3.05, 3.63) is 28.2 Å². The molecule has 0 aromatic heterocycles. The Morgan fingerprint density at radius 3 is 2.60 bits per heavy atom. The number of hydrogen-bond acceptors (Lipinski definition) is 3. The molecule has 1 aromatic rings. The fourth-order valence-corrected chi connectivity index (χ4v) is 4.10. The molecule has 0 aliphatic carbocycles. The molecule has 0 saturated carbocycles. The van der Waals surface area contributed by atoms with Crippen molar-refractivity contribution in [3.8, 4) is 0 Å². The average molecular weight is 337 g/mol. The molecule has 0 unspecified atom stereocenters. The van der Waals surface area contributed by atoms with Gasteiger partial charge in [-0.3, -0.25) is 0 Å². The molecule has 1 N–H and O–H groups in total. The summed E-state index contributed by atoms with van der Waals surface area (Å²) in [5.41, 5.74) is 0.511. The van der Waals surface area contributed by atoms with Gasteiger partial charge in [0.2, 0.25) is 0 Å². The van der Waals surface area contributed by atoms with Gasteiger partial charge in [0, 0.05) is 18.8 Å². The lowest BCUT2D eigenvalue weighted by Gasteiger charge is -2.23. The van der Waals surface area contributed by atoms with Crippen LogP contribution in [-0.2, 0) is 9.84 Å². The molecular weight excluding hydrogens is 323 g/mol. The van der Waals surface area contributed by atoms with Crippen LogP contribution in [0.4, 0.5) is 10.5 Å². The molecule has 2 amide bonds. The van der Waals surface area contributed by atoms with E-state index >= 15 is 0 Å². The van der Waals surface area contributed by atoms with Gasteiger partial charge in [-0.2, -0.15) is 0 Å². The standard InChI is InChI=1S/C12H14Cl2N2O3S/c1-16(9-4-5-20(18,19)7-9)12(17)15-8-2-3-10(13)11(14)6-8/h2-3,6,9H,4-5,7H2,1H3,(H,15,17)/t9-/m1/s1. The van der Waals surface area contributed by atoms with Gasteiger partial charge in [0.1, 0.15) is 0 Å². The predicted octanol–water partition coefficient (Wildman–Crippen LogP) is 2.64. The highest BCUT2D eigenvalue weighted by Crippen LogP contribution is 2.25. The van der Waals surface area contributed by atoms with Crippen LogP contribution in [0.25, 0.3) is 0 Å². The quantitative estimate of drug-likeness (QED) is 0.902. The molecule has 2 rings (SSSR count). The maximum absolute atomic E-state index is 12.1. The minimum Gasteiger partial charge on any atom is -0.324 e. The minimum absolute atomic E-state index is 0.0122. The molecule has 1 aromatic carbocycles. The summed E-state index contributed by atoms with van der Waals surface area (Å²) < 4.78 is 22.8. The van der Waals surface area contributed by atoms with Crippen LogP contribution in [0.2, 0.25) is 10.0 Å². The third kappa shape index (κ3) is 3.56. The summed E-state index contributed by atoms with van der Waals surface area (Å²) in [6, 6.07) is 4.10. The van der Waals surface area contributed by atoms with Crippen LogP contribution in [0.1, 0.15) is 6.42 Å². The first-order chi connectivity index (χ1) is 9.28. The summed E-state index contributed by atoms with van der Waals surface area (Å²) >= 11 is 11.7. The van der Waals surface area contributed by atoms with E-state index in [1.807, 2.05) is 0 Å². The van der Waals surface area contributed by atoms with Crippen molar-refractivity contribution in [2.75, 3.05) is 23.9 Å². The third-order valence-corrected chi connectivity index (χ3v) is 5.74. The van der Waals surface area contributed by atoms with E-state index in [9.17, 15) is 13.2 Å². The Morgan fingerprint density at radius 2 is 2.05 bits per heavy atom. The van der Waals surface area contributed by atoms with Gasteiger partial charge < -0.3 is 10.2 Å². The van der Waals surface area contributed by atoms with Gasteiger partial charge in [-0.05, 0) is 24.6 Å². The summed E-state index contributed by atoms with van der Waals surface area (Å²) in [7, 11) is -1.44. The highest BCUT2D eigenvalue weighted by molar-refractivity contribution is 7.91. The van der Waals surface area contributed by atoms with E-state index in [0.717, 1.165) is 0 Å². The summed E-state index contributed by atoms with van der Waals surface area (Å²) in [5.74, 6) is 0.139. The van der Waals surface area contributed by atoms with Gasteiger partial charge in [-0.25, -0.2) is 13.2 Å². The van der Waals surface area contributed by atoms with E-state index in [0.29, 0.717) is 22.2 Å². The Bertz CT molecular complexity index is 634. The van der Waals surface area contributed by atoms with Gasteiger partial charge in [-0.1, -0.05) is 23.2 Å². The van der Waals surface area contributed by atoms with Gasteiger partial charge >= 0.3 is 6.03 Å². The highest BCUT2D eigenvalue weighted by Gasteiger charge is 2.32. The van der Waals surface area contributed by atoms with E-state index in [2.05, 4.69) is 5.32 Å². The van der Waals surface area contributed by atoms with Crippen molar-refractivity contribution in [3.63, 3.8) is 0 Å². The molecule has 8 heteroatoms. The fourth-order valence-electron chi connectivity index (χ4n) is 2.03. The number of benzene rings is 1. The normalized spacial score (nSPS) is 20.6. The first kappa shape index (κ1) is 15.4. The number of hydrogen-bond donors (Lipinski definition) is 1. The number of carbonyl (C=O) groups excluding carboxylic acids is 1. The number of rotatable bonds is 2. The minimum atomic E-state index is -3.02. The monoisotopic (exact) mass is 336 g/mol. The van der Waals surface area contributed by atoms with E-state index in [1.54, 1.807) is 25.2 Å². The first-order valence-electron chi connectivity index (χ1n) is 5.98. The summed E-state index contributed by atoms with van der Waals surface area (Å²) in [5, 5.41) is 3.41. The Balaban J connectivity index is 2.02. The van der Waals surface area contributed by atoms with E-state index in [4.69, 9.17) is 23.2 Å². The second-order valence-electron chi connectivity index (χ2n) is 4.73. The number of carbonyl (C=O) groups is 1.